The van der Waals surface area contributed by atoms with Gasteiger partial charge in [0.15, 0.2) is 0 Å². The van der Waals surface area contributed by atoms with Crippen LogP contribution in [-0.4, -0.2) is 4.98 Å². The number of aromatic nitrogens is 1. The Bertz CT molecular complexity index is 264. The van der Waals surface area contributed by atoms with Crippen molar-refractivity contribution in [1.29, 1.82) is 0 Å². The van der Waals surface area contributed by atoms with Crippen LogP contribution < -0.4 is 0 Å². The van der Waals surface area contributed by atoms with Crippen LogP contribution in [0.1, 0.15) is 39.2 Å². The topological polar surface area (TPSA) is 12.9 Å². The van der Waals surface area contributed by atoms with E-state index in [2.05, 4.69) is 31.8 Å². The first-order chi connectivity index (χ1) is 6.06. The Morgan fingerprint density at radius 3 is 2.54 bits per heavy atom. The molecule has 0 spiro atoms. The highest BCUT2D eigenvalue weighted by Gasteiger charge is 2.19. The third kappa shape index (κ3) is 2.70. The van der Waals surface area contributed by atoms with Gasteiger partial charge in [-0.15, -0.1) is 0 Å². The molecule has 1 aromatic rings. The minimum absolute atomic E-state index is 0.215. The zero-order chi connectivity index (χ0) is 9.90. The zero-order valence-corrected chi connectivity index (χ0v) is 9.23. The van der Waals surface area contributed by atoms with Crippen LogP contribution in [0.4, 0.5) is 0 Å². The third-order valence-corrected chi connectivity index (χ3v) is 2.61. The number of rotatable bonds is 3. The van der Waals surface area contributed by atoms with E-state index in [4.69, 9.17) is 11.6 Å². The fourth-order valence-corrected chi connectivity index (χ4v) is 1.66. The molecule has 13 heavy (non-hydrogen) atoms. The molecule has 0 unspecified atom stereocenters. The van der Waals surface area contributed by atoms with E-state index in [9.17, 15) is 0 Å². The summed E-state index contributed by atoms with van der Waals surface area (Å²) in [6.07, 6.45) is 4.24. The normalized spacial score (nSPS) is 11.7. The van der Waals surface area contributed by atoms with Crippen molar-refractivity contribution >= 4 is 11.6 Å². The summed E-state index contributed by atoms with van der Waals surface area (Å²) in [6, 6.07) is 3.92. The van der Waals surface area contributed by atoms with Crippen molar-refractivity contribution in [2.45, 2.75) is 39.0 Å². The zero-order valence-electron chi connectivity index (χ0n) is 8.47. The summed E-state index contributed by atoms with van der Waals surface area (Å²) in [6.45, 7) is 6.67. The largest absolute Gasteiger partial charge is 0.244 e. The molecular formula is C11H16ClN. The standard InChI is InChI=1S/C11H16ClN/c1-4-7-11(2,3)9-5-6-10(12)13-8-9/h5-6,8H,4,7H2,1-3H3. The number of nitrogens with zero attached hydrogens (tertiary/aromatic N) is 1. The van der Waals surface area contributed by atoms with Crippen molar-refractivity contribution in [3.8, 4) is 0 Å². The van der Waals surface area contributed by atoms with Crippen molar-refractivity contribution in [3.63, 3.8) is 0 Å². The van der Waals surface area contributed by atoms with Crippen LogP contribution in [0, 0.1) is 0 Å². The minimum Gasteiger partial charge on any atom is -0.244 e. The van der Waals surface area contributed by atoms with Crippen molar-refractivity contribution in [3.05, 3.63) is 29.0 Å². The highest BCUT2D eigenvalue weighted by Crippen LogP contribution is 2.27. The van der Waals surface area contributed by atoms with E-state index in [1.54, 1.807) is 0 Å². The SMILES string of the molecule is CCCC(C)(C)c1ccc(Cl)nc1. The second-order valence-corrected chi connectivity index (χ2v) is 4.39. The molecular weight excluding hydrogens is 182 g/mol. The smallest absolute Gasteiger partial charge is 0.129 e. The molecule has 0 bridgehead atoms. The van der Waals surface area contributed by atoms with Crippen LogP contribution in [0.2, 0.25) is 5.15 Å². The Kier molecular flexibility index (Phi) is 3.32. The van der Waals surface area contributed by atoms with Crippen LogP contribution >= 0.6 is 11.6 Å². The van der Waals surface area contributed by atoms with E-state index in [0.717, 1.165) is 0 Å². The number of hydrogen-bond donors (Lipinski definition) is 0. The minimum atomic E-state index is 0.215. The lowest BCUT2D eigenvalue weighted by atomic mass is 9.82. The molecule has 0 fully saturated rings. The van der Waals surface area contributed by atoms with E-state index < -0.39 is 0 Å². The van der Waals surface area contributed by atoms with Gasteiger partial charge in [-0.25, -0.2) is 4.98 Å². The average molecular weight is 198 g/mol. The van der Waals surface area contributed by atoms with E-state index in [1.165, 1.54) is 18.4 Å². The molecule has 1 heterocycles. The van der Waals surface area contributed by atoms with Crippen LogP contribution in [0.25, 0.3) is 0 Å². The van der Waals surface area contributed by atoms with Gasteiger partial charge in [-0.05, 0) is 23.5 Å². The second-order valence-electron chi connectivity index (χ2n) is 4.00. The lowest BCUT2D eigenvalue weighted by molar-refractivity contribution is 0.471. The second kappa shape index (κ2) is 4.10. The summed E-state index contributed by atoms with van der Waals surface area (Å²) in [5, 5.41) is 0.566. The van der Waals surface area contributed by atoms with E-state index in [0.29, 0.717) is 5.15 Å². The van der Waals surface area contributed by atoms with Gasteiger partial charge in [-0.3, -0.25) is 0 Å². The van der Waals surface area contributed by atoms with Gasteiger partial charge in [0.25, 0.3) is 0 Å². The maximum Gasteiger partial charge on any atom is 0.129 e. The summed E-state index contributed by atoms with van der Waals surface area (Å²) >= 11 is 5.73. The Hall–Kier alpha value is -0.560. The van der Waals surface area contributed by atoms with E-state index >= 15 is 0 Å². The van der Waals surface area contributed by atoms with E-state index in [1.807, 2.05) is 12.3 Å². The molecule has 1 aromatic heterocycles. The maximum atomic E-state index is 5.73. The fourth-order valence-electron chi connectivity index (χ4n) is 1.55. The van der Waals surface area contributed by atoms with Gasteiger partial charge in [-0.1, -0.05) is 44.9 Å². The summed E-state index contributed by atoms with van der Waals surface area (Å²) in [7, 11) is 0. The van der Waals surface area contributed by atoms with E-state index in [-0.39, 0.29) is 5.41 Å². The van der Waals surface area contributed by atoms with Crippen LogP contribution in [0.3, 0.4) is 0 Å². The third-order valence-electron chi connectivity index (χ3n) is 2.38. The predicted molar refractivity (Wildman–Crippen MR) is 57.2 cm³/mol. The molecule has 0 aromatic carbocycles. The number of pyridine rings is 1. The molecule has 2 heteroatoms. The highest BCUT2D eigenvalue weighted by atomic mass is 35.5. The molecule has 0 aliphatic heterocycles. The van der Waals surface area contributed by atoms with Gasteiger partial charge in [0.05, 0.1) is 0 Å². The summed E-state index contributed by atoms with van der Waals surface area (Å²) in [5.41, 5.74) is 1.48. The van der Waals surface area contributed by atoms with Crippen LogP contribution in [0.15, 0.2) is 18.3 Å². The van der Waals surface area contributed by atoms with Crippen molar-refractivity contribution in [1.82, 2.24) is 4.98 Å². The molecule has 0 atom stereocenters. The molecule has 0 saturated carbocycles. The Morgan fingerprint density at radius 1 is 1.38 bits per heavy atom. The highest BCUT2D eigenvalue weighted by molar-refractivity contribution is 6.29. The van der Waals surface area contributed by atoms with Gasteiger partial charge >= 0.3 is 0 Å². The molecule has 0 aliphatic carbocycles. The number of hydrogen-bond acceptors (Lipinski definition) is 1. The molecule has 0 aliphatic rings. The first-order valence-corrected chi connectivity index (χ1v) is 5.06. The van der Waals surface area contributed by atoms with Crippen LogP contribution in [0.5, 0.6) is 0 Å². The Balaban J connectivity index is 2.87. The molecule has 0 saturated heterocycles. The lowest BCUT2D eigenvalue weighted by Gasteiger charge is -2.23. The van der Waals surface area contributed by atoms with Gasteiger partial charge in [-0.2, -0.15) is 0 Å². The molecule has 1 nitrogen and oxygen atoms in total. The van der Waals surface area contributed by atoms with Gasteiger partial charge in [0.2, 0.25) is 0 Å². The summed E-state index contributed by atoms with van der Waals surface area (Å²) < 4.78 is 0. The van der Waals surface area contributed by atoms with Gasteiger partial charge in [0.1, 0.15) is 5.15 Å². The Morgan fingerprint density at radius 2 is 2.08 bits per heavy atom. The quantitative estimate of drug-likeness (QED) is 0.672. The summed E-state index contributed by atoms with van der Waals surface area (Å²) in [4.78, 5) is 4.09. The summed E-state index contributed by atoms with van der Waals surface area (Å²) in [5.74, 6) is 0. The molecule has 0 radical (unpaired) electrons. The average Bonchev–Trinajstić information content (AvgIpc) is 2.05. The molecule has 0 N–H and O–H groups in total. The monoisotopic (exact) mass is 197 g/mol. The number of halogens is 1. The van der Waals surface area contributed by atoms with Crippen molar-refractivity contribution in [2.24, 2.45) is 0 Å². The predicted octanol–water partition coefficient (Wildman–Crippen LogP) is 3.81. The molecule has 1 rings (SSSR count). The Labute approximate surface area is 85.1 Å². The van der Waals surface area contributed by atoms with Crippen molar-refractivity contribution < 1.29 is 0 Å². The first kappa shape index (κ1) is 10.5. The van der Waals surface area contributed by atoms with Crippen LogP contribution in [-0.2, 0) is 5.41 Å². The maximum absolute atomic E-state index is 5.73. The fraction of sp³-hybridized carbons (Fsp3) is 0.545. The first-order valence-electron chi connectivity index (χ1n) is 4.68. The molecule has 72 valence electrons. The van der Waals surface area contributed by atoms with Crippen molar-refractivity contribution in [2.75, 3.05) is 0 Å². The van der Waals surface area contributed by atoms with Gasteiger partial charge < -0.3 is 0 Å². The molecule has 0 amide bonds. The van der Waals surface area contributed by atoms with Gasteiger partial charge in [0, 0.05) is 6.20 Å². The lowest BCUT2D eigenvalue weighted by Crippen LogP contribution is -2.16.